The van der Waals surface area contributed by atoms with E-state index in [2.05, 4.69) is 10.3 Å². The molecule has 5 nitrogen and oxygen atoms in total. The summed E-state index contributed by atoms with van der Waals surface area (Å²) in [6.45, 7) is 2.95. The lowest BCUT2D eigenvalue weighted by molar-refractivity contribution is -0.123. The Bertz CT molecular complexity index is 847. The second kappa shape index (κ2) is 9.34. The summed E-state index contributed by atoms with van der Waals surface area (Å²) in [5, 5.41) is 3.42. The number of nitrogens with one attached hydrogen (secondary N) is 1. The minimum atomic E-state index is -0.152. The highest BCUT2D eigenvalue weighted by Gasteiger charge is 2.32. The average Bonchev–Trinajstić information content (AvgIpc) is 3.23. The van der Waals surface area contributed by atoms with Crippen molar-refractivity contribution in [3.05, 3.63) is 52.4 Å². The Morgan fingerprint density at radius 3 is 2.85 bits per heavy atom. The first kappa shape index (κ1) is 19.9. The van der Waals surface area contributed by atoms with E-state index in [1.54, 1.807) is 0 Å². The molecule has 2 aliphatic heterocycles. The molecular formula is C19H19N3O2S3. The molecule has 1 aromatic carbocycles. The van der Waals surface area contributed by atoms with Gasteiger partial charge in [0, 0.05) is 18.7 Å². The molecule has 1 fully saturated rings. The molecule has 2 heterocycles. The Hall–Kier alpha value is -1.90. The van der Waals surface area contributed by atoms with E-state index in [1.807, 2.05) is 49.4 Å². The normalized spacial score (nSPS) is 19.0. The lowest BCUT2D eigenvalue weighted by atomic mass is 10.1. The molecule has 0 bridgehead atoms. The highest BCUT2D eigenvalue weighted by molar-refractivity contribution is 8.26. The number of carbonyl (C=O) groups excluding carboxylic acids is 2. The van der Waals surface area contributed by atoms with Gasteiger partial charge in [-0.15, -0.1) is 0 Å². The van der Waals surface area contributed by atoms with Crippen LogP contribution < -0.4 is 5.32 Å². The molecule has 0 aromatic heterocycles. The average molecular weight is 418 g/mol. The maximum atomic E-state index is 12.6. The Balaban J connectivity index is 1.59. The van der Waals surface area contributed by atoms with Crippen molar-refractivity contribution in [1.82, 2.24) is 10.2 Å². The van der Waals surface area contributed by atoms with Gasteiger partial charge >= 0.3 is 0 Å². The van der Waals surface area contributed by atoms with Crippen LogP contribution in [0, 0.1) is 0 Å². The monoisotopic (exact) mass is 417 g/mol. The molecule has 1 N–H and O–H groups in total. The highest BCUT2D eigenvalue weighted by Crippen LogP contribution is 2.32. The summed E-state index contributed by atoms with van der Waals surface area (Å²) < 4.78 is 0.485. The van der Waals surface area contributed by atoms with E-state index in [0.717, 1.165) is 23.4 Å². The molecule has 3 rings (SSSR count). The maximum Gasteiger partial charge on any atom is 0.266 e. The van der Waals surface area contributed by atoms with Crippen LogP contribution in [-0.4, -0.2) is 45.0 Å². The van der Waals surface area contributed by atoms with Crippen molar-refractivity contribution in [1.29, 1.82) is 0 Å². The molecule has 2 amide bonds. The third-order valence-electron chi connectivity index (χ3n) is 3.82. The van der Waals surface area contributed by atoms with Gasteiger partial charge in [-0.3, -0.25) is 19.5 Å². The van der Waals surface area contributed by atoms with Crippen LogP contribution in [0.25, 0.3) is 6.08 Å². The van der Waals surface area contributed by atoms with Gasteiger partial charge in [0.2, 0.25) is 5.91 Å². The second-order valence-corrected chi connectivity index (χ2v) is 8.73. The van der Waals surface area contributed by atoms with Crippen LogP contribution in [0.2, 0.25) is 0 Å². The number of hydrogen-bond acceptors (Lipinski definition) is 6. The van der Waals surface area contributed by atoms with Crippen molar-refractivity contribution in [2.24, 2.45) is 4.99 Å². The van der Waals surface area contributed by atoms with E-state index in [1.165, 1.54) is 28.4 Å². The third-order valence-corrected chi connectivity index (χ3v) is 6.09. The zero-order chi connectivity index (χ0) is 19.2. The van der Waals surface area contributed by atoms with Gasteiger partial charge in [-0.2, -0.15) is 0 Å². The zero-order valence-corrected chi connectivity index (χ0v) is 17.3. The zero-order valence-electron chi connectivity index (χ0n) is 14.8. The number of allylic oxidation sites excluding steroid dienone is 2. The molecule has 0 saturated carbocycles. The largest absolute Gasteiger partial charge is 0.305 e. The van der Waals surface area contributed by atoms with Gasteiger partial charge in [0.1, 0.15) is 4.32 Å². The molecular weight excluding hydrogens is 398 g/mol. The quantitative estimate of drug-likeness (QED) is 0.587. The number of aliphatic imine (C=N–C) groups is 1. The van der Waals surface area contributed by atoms with E-state index in [9.17, 15) is 9.59 Å². The predicted molar refractivity (Wildman–Crippen MR) is 118 cm³/mol. The minimum Gasteiger partial charge on any atom is -0.305 e. The van der Waals surface area contributed by atoms with Crippen LogP contribution in [0.1, 0.15) is 18.9 Å². The van der Waals surface area contributed by atoms with Crippen LogP contribution in [0.15, 0.2) is 51.9 Å². The number of nitrogens with zero attached hydrogens (tertiary/aromatic N) is 2. The van der Waals surface area contributed by atoms with Crippen LogP contribution in [0.4, 0.5) is 0 Å². The standard InChI is InChI=1S/C19H19N3O2S3/c1-13(11-14-5-3-2-4-6-14)12-15-17(24)22(19(25)27-15)9-7-16(23)21-18-20-8-10-26-18/h2-6,11-12H,7-10H2,1H3,(H,20,21,23). The topological polar surface area (TPSA) is 61.8 Å². The second-order valence-electron chi connectivity index (χ2n) is 5.97. The Morgan fingerprint density at radius 2 is 2.15 bits per heavy atom. The molecule has 0 unspecified atom stereocenters. The third kappa shape index (κ3) is 5.54. The van der Waals surface area contributed by atoms with Crippen molar-refractivity contribution in [3.63, 3.8) is 0 Å². The fraction of sp³-hybridized carbons (Fsp3) is 0.263. The van der Waals surface area contributed by atoms with Crippen LogP contribution in [-0.2, 0) is 9.59 Å². The molecule has 0 spiro atoms. The molecule has 140 valence electrons. The number of thiocarbonyl (C=S) groups is 1. The first-order valence-corrected chi connectivity index (χ1v) is 10.7. The number of amidine groups is 1. The summed E-state index contributed by atoms with van der Waals surface area (Å²) in [5.41, 5.74) is 2.04. The molecule has 27 heavy (non-hydrogen) atoms. The Labute approximate surface area is 172 Å². The number of amides is 2. The number of hydrogen-bond donors (Lipinski definition) is 1. The Morgan fingerprint density at radius 1 is 1.37 bits per heavy atom. The van der Waals surface area contributed by atoms with Gasteiger partial charge < -0.3 is 5.32 Å². The van der Waals surface area contributed by atoms with Crippen molar-refractivity contribution < 1.29 is 9.59 Å². The summed E-state index contributed by atoms with van der Waals surface area (Å²) in [4.78, 5) is 30.9. The van der Waals surface area contributed by atoms with Gasteiger partial charge in [0.15, 0.2) is 5.17 Å². The Kier molecular flexibility index (Phi) is 6.87. The molecule has 0 aliphatic carbocycles. The fourth-order valence-electron chi connectivity index (χ4n) is 2.56. The van der Waals surface area contributed by atoms with Crippen molar-refractivity contribution >= 4 is 63.1 Å². The van der Waals surface area contributed by atoms with Crippen molar-refractivity contribution in [2.45, 2.75) is 13.3 Å². The maximum absolute atomic E-state index is 12.6. The van der Waals surface area contributed by atoms with Crippen molar-refractivity contribution in [2.75, 3.05) is 18.8 Å². The lowest BCUT2D eigenvalue weighted by Gasteiger charge is -2.13. The van der Waals surface area contributed by atoms with Crippen LogP contribution >= 0.6 is 35.7 Å². The van der Waals surface area contributed by atoms with Gasteiger partial charge in [-0.25, -0.2) is 0 Å². The van der Waals surface area contributed by atoms with Crippen LogP contribution in [0.5, 0.6) is 0 Å². The number of thioether (sulfide) groups is 2. The first-order chi connectivity index (χ1) is 13.0. The summed E-state index contributed by atoms with van der Waals surface area (Å²) in [7, 11) is 0. The van der Waals surface area contributed by atoms with E-state index in [4.69, 9.17) is 12.2 Å². The highest BCUT2D eigenvalue weighted by atomic mass is 32.2. The molecule has 1 saturated heterocycles. The first-order valence-electron chi connectivity index (χ1n) is 8.49. The molecule has 0 radical (unpaired) electrons. The smallest absolute Gasteiger partial charge is 0.266 e. The predicted octanol–water partition coefficient (Wildman–Crippen LogP) is 3.44. The van der Waals surface area contributed by atoms with E-state index >= 15 is 0 Å². The van der Waals surface area contributed by atoms with Gasteiger partial charge in [-0.1, -0.05) is 72.1 Å². The number of carbonyl (C=O) groups is 2. The number of benzene rings is 1. The van der Waals surface area contributed by atoms with E-state index in [-0.39, 0.29) is 24.8 Å². The summed E-state index contributed by atoms with van der Waals surface area (Å²) >= 11 is 8.12. The van der Waals surface area contributed by atoms with E-state index < -0.39 is 0 Å². The summed E-state index contributed by atoms with van der Waals surface area (Å²) in [5.74, 6) is 0.595. The molecule has 2 aliphatic rings. The fourth-order valence-corrected chi connectivity index (χ4v) is 4.66. The number of rotatable bonds is 5. The molecule has 1 aromatic rings. The summed E-state index contributed by atoms with van der Waals surface area (Å²) in [6.07, 6.45) is 4.05. The summed E-state index contributed by atoms with van der Waals surface area (Å²) in [6, 6.07) is 9.92. The van der Waals surface area contributed by atoms with Crippen molar-refractivity contribution in [3.8, 4) is 0 Å². The van der Waals surface area contributed by atoms with E-state index in [0.29, 0.717) is 14.4 Å². The van der Waals surface area contributed by atoms with Gasteiger partial charge in [0.05, 0.1) is 11.4 Å². The SMILES string of the molecule is CC(=Cc1ccccc1)C=C1SC(=S)N(CCC(=O)NC2=NCCS2)C1=O. The van der Waals surface area contributed by atoms with Crippen LogP contribution in [0.3, 0.4) is 0 Å². The minimum absolute atomic E-state index is 0.147. The lowest BCUT2D eigenvalue weighted by Crippen LogP contribution is -2.34. The van der Waals surface area contributed by atoms with Gasteiger partial charge in [0.25, 0.3) is 5.91 Å². The van der Waals surface area contributed by atoms with Gasteiger partial charge in [-0.05, 0) is 24.1 Å². The molecule has 0 atom stereocenters. The molecule has 8 heteroatoms.